The first-order chi connectivity index (χ1) is 9.19. The first-order valence-corrected chi connectivity index (χ1v) is 7.13. The van der Waals surface area contributed by atoms with Crippen molar-refractivity contribution < 1.29 is 0 Å². The number of rotatable bonds is 5. The van der Waals surface area contributed by atoms with Crippen LogP contribution in [-0.2, 0) is 13.1 Å². The highest BCUT2D eigenvalue weighted by atomic mass is 79.9. The molecule has 2 aromatic rings. The first kappa shape index (κ1) is 14.0. The second-order valence-corrected chi connectivity index (χ2v) is 5.36. The fraction of sp³-hybridized carbons (Fsp3) is 0.267. The minimum Gasteiger partial charge on any atom is -0.399 e. The van der Waals surface area contributed by atoms with Gasteiger partial charge in [-0.15, -0.1) is 0 Å². The van der Waals surface area contributed by atoms with E-state index in [1.54, 1.807) is 0 Å². The number of nitrogen functional groups attached to an aromatic ring is 1. The van der Waals surface area contributed by atoms with Gasteiger partial charge in [-0.1, -0.05) is 28.9 Å². The Morgan fingerprint density at radius 3 is 2.53 bits per heavy atom. The molecule has 3 nitrogen and oxygen atoms in total. The molecule has 4 heteroatoms. The molecule has 1 aromatic carbocycles. The second kappa shape index (κ2) is 6.68. The van der Waals surface area contributed by atoms with E-state index >= 15 is 0 Å². The molecule has 0 saturated heterocycles. The average molecular weight is 320 g/mol. The molecule has 2 N–H and O–H groups in total. The normalized spacial score (nSPS) is 10.9. The van der Waals surface area contributed by atoms with Crippen LogP contribution in [0.25, 0.3) is 0 Å². The average Bonchev–Trinajstić information content (AvgIpc) is 2.42. The molecule has 0 atom stereocenters. The lowest BCUT2D eigenvalue weighted by Gasteiger charge is -2.21. The topological polar surface area (TPSA) is 42.2 Å². The third-order valence-electron chi connectivity index (χ3n) is 3.07. The van der Waals surface area contributed by atoms with E-state index in [0.29, 0.717) is 0 Å². The lowest BCUT2D eigenvalue weighted by Crippen LogP contribution is -2.22. The molecule has 0 saturated carbocycles. The summed E-state index contributed by atoms with van der Waals surface area (Å²) < 4.78 is 1.07. The summed E-state index contributed by atoms with van der Waals surface area (Å²) in [5, 5.41) is 0. The Labute approximate surface area is 122 Å². The highest BCUT2D eigenvalue weighted by Gasteiger charge is 2.07. The number of nitrogens with two attached hydrogens (primary N) is 1. The molecular formula is C15H18BrN3. The quantitative estimate of drug-likeness (QED) is 0.858. The van der Waals surface area contributed by atoms with Crippen LogP contribution in [0.15, 0.2) is 47.2 Å². The summed E-state index contributed by atoms with van der Waals surface area (Å²) in [4.78, 5) is 6.43. The highest BCUT2D eigenvalue weighted by molar-refractivity contribution is 9.10. The molecule has 0 aliphatic heterocycles. The molecule has 1 heterocycles. The highest BCUT2D eigenvalue weighted by Crippen LogP contribution is 2.22. The number of benzene rings is 1. The molecule has 19 heavy (non-hydrogen) atoms. The van der Waals surface area contributed by atoms with Gasteiger partial charge in [-0.25, -0.2) is 0 Å². The van der Waals surface area contributed by atoms with E-state index in [-0.39, 0.29) is 0 Å². The van der Waals surface area contributed by atoms with Crippen LogP contribution in [0.2, 0.25) is 0 Å². The number of halogens is 1. The molecule has 0 spiro atoms. The van der Waals surface area contributed by atoms with E-state index in [2.05, 4.69) is 50.9 Å². The van der Waals surface area contributed by atoms with Crippen LogP contribution in [-0.4, -0.2) is 16.4 Å². The van der Waals surface area contributed by atoms with Crippen molar-refractivity contribution in [3.63, 3.8) is 0 Å². The van der Waals surface area contributed by atoms with Crippen molar-refractivity contribution in [2.75, 3.05) is 12.3 Å². The monoisotopic (exact) mass is 319 g/mol. The van der Waals surface area contributed by atoms with E-state index < -0.39 is 0 Å². The summed E-state index contributed by atoms with van der Waals surface area (Å²) in [6.45, 7) is 5.00. The fourth-order valence-electron chi connectivity index (χ4n) is 1.96. The third kappa shape index (κ3) is 4.04. The Morgan fingerprint density at radius 1 is 1.16 bits per heavy atom. The summed E-state index contributed by atoms with van der Waals surface area (Å²) in [7, 11) is 0. The summed E-state index contributed by atoms with van der Waals surface area (Å²) >= 11 is 3.57. The lowest BCUT2D eigenvalue weighted by molar-refractivity contribution is 0.271. The molecule has 0 bridgehead atoms. The molecule has 0 aliphatic carbocycles. The second-order valence-electron chi connectivity index (χ2n) is 4.51. The zero-order valence-electron chi connectivity index (χ0n) is 11.0. The van der Waals surface area contributed by atoms with Crippen molar-refractivity contribution in [1.82, 2.24) is 9.88 Å². The molecule has 0 unspecified atom stereocenters. The Bertz CT molecular complexity index is 528. The Balaban J connectivity index is 2.06. The lowest BCUT2D eigenvalue weighted by atomic mass is 10.1. The van der Waals surface area contributed by atoms with Crippen LogP contribution in [0.3, 0.4) is 0 Å². The molecule has 0 amide bonds. The minimum absolute atomic E-state index is 0.785. The number of pyridine rings is 1. The van der Waals surface area contributed by atoms with Crippen molar-refractivity contribution in [3.05, 3.63) is 58.3 Å². The predicted molar refractivity (Wildman–Crippen MR) is 82.6 cm³/mol. The van der Waals surface area contributed by atoms with E-state index in [0.717, 1.165) is 29.8 Å². The van der Waals surface area contributed by atoms with Gasteiger partial charge in [-0.2, -0.15) is 0 Å². The van der Waals surface area contributed by atoms with Gasteiger partial charge in [0.2, 0.25) is 0 Å². The van der Waals surface area contributed by atoms with Gasteiger partial charge in [0.05, 0.1) is 0 Å². The van der Waals surface area contributed by atoms with Gasteiger partial charge < -0.3 is 5.73 Å². The zero-order chi connectivity index (χ0) is 13.7. The van der Waals surface area contributed by atoms with Crippen molar-refractivity contribution in [2.45, 2.75) is 20.0 Å². The first-order valence-electron chi connectivity index (χ1n) is 6.34. The SMILES string of the molecule is CCN(Cc1ccncc1)Cc1ccc(N)cc1Br. The number of aromatic nitrogens is 1. The fourth-order valence-corrected chi connectivity index (χ4v) is 2.48. The summed E-state index contributed by atoms with van der Waals surface area (Å²) in [6.07, 6.45) is 3.67. The van der Waals surface area contributed by atoms with Crippen LogP contribution in [0, 0.1) is 0 Å². The van der Waals surface area contributed by atoms with Crippen LogP contribution in [0.5, 0.6) is 0 Å². The van der Waals surface area contributed by atoms with Crippen molar-refractivity contribution in [3.8, 4) is 0 Å². The van der Waals surface area contributed by atoms with E-state index in [1.807, 2.05) is 24.5 Å². The molecule has 0 radical (unpaired) electrons. The van der Waals surface area contributed by atoms with E-state index in [1.165, 1.54) is 11.1 Å². The smallest absolute Gasteiger partial charge is 0.0325 e. The number of nitrogens with zero attached hydrogens (tertiary/aromatic N) is 2. The maximum absolute atomic E-state index is 5.76. The molecule has 1 aromatic heterocycles. The van der Waals surface area contributed by atoms with Gasteiger partial charge in [0.25, 0.3) is 0 Å². The van der Waals surface area contributed by atoms with Crippen molar-refractivity contribution in [1.29, 1.82) is 0 Å². The largest absolute Gasteiger partial charge is 0.399 e. The van der Waals surface area contributed by atoms with Gasteiger partial charge in [0.1, 0.15) is 0 Å². The molecule has 100 valence electrons. The van der Waals surface area contributed by atoms with Gasteiger partial charge in [-0.3, -0.25) is 9.88 Å². The molecule has 0 aliphatic rings. The number of hydrogen-bond acceptors (Lipinski definition) is 3. The van der Waals surface area contributed by atoms with Gasteiger partial charge in [0, 0.05) is 35.6 Å². The van der Waals surface area contributed by atoms with Gasteiger partial charge in [-0.05, 0) is 41.9 Å². The van der Waals surface area contributed by atoms with Crippen LogP contribution in [0.4, 0.5) is 5.69 Å². The minimum atomic E-state index is 0.785. The van der Waals surface area contributed by atoms with Gasteiger partial charge >= 0.3 is 0 Å². The zero-order valence-corrected chi connectivity index (χ0v) is 12.6. The van der Waals surface area contributed by atoms with Crippen molar-refractivity contribution >= 4 is 21.6 Å². The molecule has 0 fully saturated rings. The maximum atomic E-state index is 5.76. The summed E-state index contributed by atoms with van der Waals surface area (Å²) in [6, 6.07) is 10.1. The third-order valence-corrected chi connectivity index (χ3v) is 3.81. The summed E-state index contributed by atoms with van der Waals surface area (Å²) in [5.41, 5.74) is 9.08. The van der Waals surface area contributed by atoms with Crippen LogP contribution < -0.4 is 5.73 Å². The molecule has 2 rings (SSSR count). The van der Waals surface area contributed by atoms with Crippen molar-refractivity contribution in [2.24, 2.45) is 0 Å². The molecular weight excluding hydrogens is 302 g/mol. The Hall–Kier alpha value is -1.39. The standard InChI is InChI=1S/C15H18BrN3/c1-2-19(10-12-5-7-18-8-6-12)11-13-3-4-14(17)9-15(13)16/h3-9H,2,10-11,17H2,1H3. The number of hydrogen-bond donors (Lipinski definition) is 1. The predicted octanol–water partition coefficient (Wildman–Crippen LogP) is 3.45. The van der Waals surface area contributed by atoms with E-state index in [9.17, 15) is 0 Å². The van der Waals surface area contributed by atoms with Crippen LogP contribution in [0.1, 0.15) is 18.1 Å². The Morgan fingerprint density at radius 2 is 1.89 bits per heavy atom. The Kier molecular flexibility index (Phi) is 4.93. The van der Waals surface area contributed by atoms with E-state index in [4.69, 9.17) is 5.73 Å². The number of anilines is 1. The summed E-state index contributed by atoms with van der Waals surface area (Å²) in [5.74, 6) is 0. The van der Waals surface area contributed by atoms with Crippen LogP contribution >= 0.6 is 15.9 Å². The maximum Gasteiger partial charge on any atom is 0.0325 e. The van der Waals surface area contributed by atoms with Gasteiger partial charge in [0.15, 0.2) is 0 Å².